The summed E-state index contributed by atoms with van der Waals surface area (Å²) in [4.78, 5) is 27.6. The second-order valence-electron chi connectivity index (χ2n) is 6.59. The highest BCUT2D eigenvalue weighted by molar-refractivity contribution is 5.87. The van der Waals surface area contributed by atoms with E-state index in [0.29, 0.717) is 18.0 Å². The van der Waals surface area contributed by atoms with E-state index in [-0.39, 0.29) is 5.91 Å². The van der Waals surface area contributed by atoms with Gasteiger partial charge in [0.1, 0.15) is 0 Å². The van der Waals surface area contributed by atoms with Crippen molar-refractivity contribution in [2.75, 3.05) is 32.7 Å². The summed E-state index contributed by atoms with van der Waals surface area (Å²) in [6.07, 6.45) is 4.47. The van der Waals surface area contributed by atoms with Gasteiger partial charge in [-0.1, -0.05) is 12.1 Å². The molecule has 1 atom stereocenters. The van der Waals surface area contributed by atoms with E-state index in [1.165, 1.54) is 12.8 Å². The summed E-state index contributed by atoms with van der Waals surface area (Å²) in [5.41, 5.74) is 1.44. The third-order valence-electron chi connectivity index (χ3n) is 4.96. The van der Waals surface area contributed by atoms with Gasteiger partial charge in [0.2, 0.25) is 5.91 Å². The molecule has 2 saturated heterocycles. The van der Waals surface area contributed by atoms with Crippen LogP contribution >= 0.6 is 0 Å². The van der Waals surface area contributed by atoms with Gasteiger partial charge in [-0.3, -0.25) is 9.69 Å². The lowest BCUT2D eigenvalue weighted by atomic mass is 9.90. The van der Waals surface area contributed by atoms with Crippen molar-refractivity contribution in [3.63, 3.8) is 0 Å². The van der Waals surface area contributed by atoms with Gasteiger partial charge < -0.3 is 10.0 Å². The lowest BCUT2D eigenvalue weighted by molar-refractivity contribution is -0.133. The predicted molar refractivity (Wildman–Crippen MR) is 87.6 cm³/mol. The smallest absolute Gasteiger partial charge is 0.335 e. The van der Waals surface area contributed by atoms with Gasteiger partial charge in [-0.25, -0.2) is 4.79 Å². The molecule has 0 unspecified atom stereocenters. The average molecular weight is 316 g/mol. The Morgan fingerprint density at radius 1 is 1.04 bits per heavy atom. The number of carboxylic acids is 1. The molecule has 0 bridgehead atoms. The topological polar surface area (TPSA) is 60.9 Å². The van der Waals surface area contributed by atoms with Gasteiger partial charge in [0.05, 0.1) is 12.1 Å². The second-order valence-corrected chi connectivity index (χ2v) is 6.59. The quantitative estimate of drug-likeness (QED) is 0.925. The van der Waals surface area contributed by atoms with Crippen molar-refractivity contribution in [2.45, 2.75) is 31.6 Å². The average Bonchev–Trinajstić information content (AvgIpc) is 3.08. The molecule has 1 aromatic rings. The first kappa shape index (κ1) is 16.0. The van der Waals surface area contributed by atoms with Crippen molar-refractivity contribution in [3.05, 3.63) is 35.4 Å². The third-order valence-corrected chi connectivity index (χ3v) is 4.96. The fraction of sp³-hybridized carbons (Fsp3) is 0.556. The fourth-order valence-corrected chi connectivity index (χ4v) is 3.61. The molecule has 1 amide bonds. The number of carbonyl (C=O) groups excluding carboxylic acids is 1. The van der Waals surface area contributed by atoms with E-state index < -0.39 is 5.97 Å². The highest BCUT2D eigenvalue weighted by Gasteiger charge is 2.26. The molecule has 3 rings (SSSR count). The summed E-state index contributed by atoms with van der Waals surface area (Å²) in [7, 11) is 0. The highest BCUT2D eigenvalue weighted by atomic mass is 16.4. The minimum Gasteiger partial charge on any atom is -0.478 e. The van der Waals surface area contributed by atoms with Gasteiger partial charge in [0, 0.05) is 19.0 Å². The second kappa shape index (κ2) is 7.13. The predicted octanol–water partition coefficient (Wildman–Crippen LogP) is 2.19. The van der Waals surface area contributed by atoms with E-state index in [4.69, 9.17) is 5.11 Å². The Balaban J connectivity index is 1.60. The zero-order valence-electron chi connectivity index (χ0n) is 13.4. The standard InChI is InChI=1S/C18H24N2O3/c21-17(13-19-9-1-2-10-19)20-11-3-4-16(12-20)14-5-7-15(8-6-14)18(22)23/h5-8,16H,1-4,9-13H2,(H,22,23)/t16-/m0/s1. The molecule has 0 saturated carbocycles. The summed E-state index contributed by atoms with van der Waals surface area (Å²) >= 11 is 0. The number of hydrogen-bond donors (Lipinski definition) is 1. The van der Waals surface area contributed by atoms with Gasteiger partial charge in [-0.2, -0.15) is 0 Å². The van der Waals surface area contributed by atoms with Gasteiger partial charge in [-0.05, 0) is 56.5 Å². The molecule has 0 spiro atoms. The molecule has 5 nitrogen and oxygen atoms in total. The van der Waals surface area contributed by atoms with Gasteiger partial charge in [0.25, 0.3) is 0 Å². The maximum absolute atomic E-state index is 12.5. The van der Waals surface area contributed by atoms with Gasteiger partial charge in [-0.15, -0.1) is 0 Å². The molecule has 23 heavy (non-hydrogen) atoms. The Hall–Kier alpha value is -1.88. The van der Waals surface area contributed by atoms with Crippen molar-refractivity contribution in [1.82, 2.24) is 9.80 Å². The van der Waals surface area contributed by atoms with E-state index in [0.717, 1.165) is 44.6 Å². The molecule has 2 fully saturated rings. The lowest BCUT2D eigenvalue weighted by Gasteiger charge is -2.34. The Morgan fingerprint density at radius 3 is 2.39 bits per heavy atom. The summed E-state index contributed by atoms with van der Waals surface area (Å²) in [6, 6.07) is 7.09. The number of aromatic carboxylic acids is 1. The molecule has 0 radical (unpaired) electrons. The molecular formula is C18H24N2O3. The largest absolute Gasteiger partial charge is 0.478 e. The van der Waals surface area contributed by atoms with Crippen LogP contribution in [-0.2, 0) is 4.79 Å². The first-order chi connectivity index (χ1) is 11.1. The first-order valence-corrected chi connectivity index (χ1v) is 8.47. The van der Waals surface area contributed by atoms with E-state index in [9.17, 15) is 9.59 Å². The van der Waals surface area contributed by atoms with Crippen molar-refractivity contribution in [2.24, 2.45) is 0 Å². The number of piperidine rings is 1. The number of amides is 1. The van der Waals surface area contributed by atoms with Crippen LogP contribution < -0.4 is 0 Å². The summed E-state index contributed by atoms with van der Waals surface area (Å²) in [6.45, 7) is 4.22. The van der Waals surface area contributed by atoms with Crippen LogP contribution in [-0.4, -0.2) is 59.5 Å². The number of carbonyl (C=O) groups is 2. The van der Waals surface area contributed by atoms with Crippen LogP contribution in [0.5, 0.6) is 0 Å². The zero-order valence-corrected chi connectivity index (χ0v) is 13.4. The summed E-state index contributed by atoms with van der Waals surface area (Å²) in [5.74, 6) is -0.351. The number of nitrogens with zero attached hydrogens (tertiary/aromatic N) is 2. The van der Waals surface area contributed by atoms with E-state index in [1.54, 1.807) is 12.1 Å². The van der Waals surface area contributed by atoms with Crippen LogP contribution in [0.4, 0.5) is 0 Å². The Kier molecular flexibility index (Phi) is 4.96. The van der Waals surface area contributed by atoms with Crippen LogP contribution in [0.15, 0.2) is 24.3 Å². The van der Waals surface area contributed by atoms with Crippen LogP contribution in [0.25, 0.3) is 0 Å². The van der Waals surface area contributed by atoms with Crippen LogP contribution in [0.2, 0.25) is 0 Å². The van der Waals surface area contributed by atoms with Crippen LogP contribution in [0.1, 0.15) is 47.5 Å². The molecule has 1 N–H and O–H groups in total. The fourth-order valence-electron chi connectivity index (χ4n) is 3.61. The van der Waals surface area contributed by atoms with Crippen LogP contribution in [0, 0.1) is 0 Å². The van der Waals surface area contributed by atoms with Gasteiger partial charge in [0.15, 0.2) is 0 Å². The Labute approximate surface area is 136 Å². The number of hydrogen-bond acceptors (Lipinski definition) is 3. The number of benzene rings is 1. The Morgan fingerprint density at radius 2 is 1.74 bits per heavy atom. The molecule has 0 aliphatic carbocycles. The molecule has 2 heterocycles. The molecular weight excluding hydrogens is 292 g/mol. The van der Waals surface area contributed by atoms with Crippen molar-refractivity contribution < 1.29 is 14.7 Å². The van der Waals surface area contributed by atoms with E-state index in [1.807, 2.05) is 17.0 Å². The highest BCUT2D eigenvalue weighted by Crippen LogP contribution is 2.27. The molecule has 0 aromatic heterocycles. The minimum absolute atomic E-state index is 0.235. The first-order valence-electron chi connectivity index (χ1n) is 8.47. The number of likely N-dealkylation sites (tertiary alicyclic amines) is 2. The lowest BCUT2D eigenvalue weighted by Crippen LogP contribution is -2.44. The molecule has 124 valence electrons. The summed E-state index contributed by atoms with van der Waals surface area (Å²) in [5, 5.41) is 8.98. The maximum atomic E-state index is 12.5. The monoisotopic (exact) mass is 316 g/mol. The third kappa shape index (κ3) is 3.91. The molecule has 2 aliphatic heterocycles. The molecule has 2 aliphatic rings. The number of carboxylic acid groups (broad SMARTS) is 1. The zero-order chi connectivity index (χ0) is 16.2. The van der Waals surface area contributed by atoms with E-state index in [2.05, 4.69) is 4.90 Å². The van der Waals surface area contributed by atoms with Crippen LogP contribution in [0.3, 0.4) is 0 Å². The summed E-state index contributed by atoms with van der Waals surface area (Å²) < 4.78 is 0. The number of rotatable bonds is 4. The minimum atomic E-state index is -0.900. The van der Waals surface area contributed by atoms with Gasteiger partial charge >= 0.3 is 5.97 Å². The van der Waals surface area contributed by atoms with Crippen molar-refractivity contribution in [1.29, 1.82) is 0 Å². The van der Waals surface area contributed by atoms with E-state index >= 15 is 0 Å². The normalized spacial score (nSPS) is 22.3. The Bertz CT molecular complexity index is 564. The molecule has 5 heteroatoms. The van der Waals surface area contributed by atoms with Crippen molar-refractivity contribution >= 4 is 11.9 Å². The molecule has 1 aromatic carbocycles. The SMILES string of the molecule is O=C(O)c1ccc([C@H]2CCCN(C(=O)CN3CCCC3)C2)cc1. The van der Waals surface area contributed by atoms with Crippen molar-refractivity contribution in [3.8, 4) is 0 Å². The maximum Gasteiger partial charge on any atom is 0.335 e.